The van der Waals surface area contributed by atoms with Crippen molar-refractivity contribution in [2.75, 3.05) is 26.3 Å². The molecule has 0 bridgehead atoms. The van der Waals surface area contributed by atoms with Crippen LogP contribution in [0, 0.1) is 5.92 Å². The van der Waals surface area contributed by atoms with Gasteiger partial charge in [0.05, 0.1) is 13.2 Å². The van der Waals surface area contributed by atoms with Crippen LogP contribution >= 0.6 is 11.6 Å². The number of amides is 1. The predicted molar refractivity (Wildman–Crippen MR) is 89.6 cm³/mol. The van der Waals surface area contributed by atoms with Crippen LogP contribution in [-0.4, -0.2) is 42.1 Å². The van der Waals surface area contributed by atoms with Crippen LogP contribution in [0.25, 0.3) is 0 Å². The monoisotopic (exact) mass is 330 g/mol. The van der Waals surface area contributed by atoms with E-state index in [1.54, 1.807) is 30.5 Å². The van der Waals surface area contributed by atoms with Crippen molar-refractivity contribution >= 4 is 17.5 Å². The maximum absolute atomic E-state index is 12.7. The van der Waals surface area contributed by atoms with Gasteiger partial charge < -0.3 is 9.64 Å². The van der Waals surface area contributed by atoms with Gasteiger partial charge in [0.25, 0.3) is 5.91 Å². The molecule has 1 fully saturated rings. The standard InChI is InChI=1S/C18H19ClN2O2/c19-16-6-4-15(5-7-16)18(22)21-9-10-23-13-14(12-21)11-17-3-1-2-8-20-17/h1-8,14H,9-13H2/t14-/m1/s1. The summed E-state index contributed by atoms with van der Waals surface area (Å²) in [6.07, 6.45) is 2.61. The van der Waals surface area contributed by atoms with Gasteiger partial charge in [-0.15, -0.1) is 0 Å². The summed E-state index contributed by atoms with van der Waals surface area (Å²) in [5, 5.41) is 0.633. The molecule has 0 saturated carbocycles. The minimum atomic E-state index is 0.0261. The highest BCUT2D eigenvalue weighted by molar-refractivity contribution is 6.30. The summed E-state index contributed by atoms with van der Waals surface area (Å²) in [5.74, 6) is 0.279. The molecule has 0 spiro atoms. The van der Waals surface area contributed by atoms with Gasteiger partial charge in [-0.1, -0.05) is 17.7 Å². The molecule has 23 heavy (non-hydrogen) atoms. The maximum atomic E-state index is 12.7. The number of aromatic nitrogens is 1. The smallest absolute Gasteiger partial charge is 0.253 e. The second kappa shape index (κ2) is 7.57. The molecule has 1 aromatic carbocycles. The van der Waals surface area contributed by atoms with Crippen LogP contribution in [0.1, 0.15) is 16.1 Å². The molecule has 1 amide bonds. The summed E-state index contributed by atoms with van der Waals surface area (Å²) in [4.78, 5) is 18.9. The van der Waals surface area contributed by atoms with E-state index in [4.69, 9.17) is 16.3 Å². The summed E-state index contributed by atoms with van der Waals surface area (Å²) < 4.78 is 5.67. The fourth-order valence-electron chi connectivity index (χ4n) is 2.78. The van der Waals surface area contributed by atoms with Crippen LogP contribution in [-0.2, 0) is 11.2 Å². The van der Waals surface area contributed by atoms with Crippen LogP contribution in [0.2, 0.25) is 5.02 Å². The van der Waals surface area contributed by atoms with E-state index >= 15 is 0 Å². The van der Waals surface area contributed by atoms with Crippen molar-refractivity contribution in [3.8, 4) is 0 Å². The number of ether oxygens (including phenoxy) is 1. The lowest BCUT2D eigenvalue weighted by molar-refractivity contribution is 0.0737. The number of rotatable bonds is 3. The minimum Gasteiger partial charge on any atom is -0.379 e. The van der Waals surface area contributed by atoms with Gasteiger partial charge in [-0.05, 0) is 42.8 Å². The first-order chi connectivity index (χ1) is 11.2. The molecule has 1 aliphatic rings. The molecular weight excluding hydrogens is 312 g/mol. The molecular formula is C18H19ClN2O2. The number of benzene rings is 1. The van der Waals surface area contributed by atoms with Crippen molar-refractivity contribution in [1.29, 1.82) is 0 Å². The summed E-state index contributed by atoms with van der Waals surface area (Å²) in [5.41, 5.74) is 1.69. The van der Waals surface area contributed by atoms with Crippen molar-refractivity contribution in [3.63, 3.8) is 0 Å². The molecule has 5 heteroatoms. The maximum Gasteiger partial charge on any atom is 0.253 e. The average Bonchev–Trinajstić information content (AvgIpc) is 2.81. The van der Waals surface area contributed by atoms with Gasteiger partial charge in [0.1, 0.15) is 0 Å². The van der Waals surface area contributed by atoms with Crippen LogP contribution in [0.4, 0.5) is 0 Å². The van der Waals surface area contributed by atoms with Gasteiger partial charge >= 0.3 is 0 Å². The molecule has 2 aromatic rings. The lowest BCUT2D eigenvalue weighted by Crippen LogP contribution is -2.36. The number of hydrogen-bond acceptors (Lipinski definition) is 3. The molecule has 0 aliphatic carbocycles. The number of pyridine rings is 1. The fourth-order valence-corrected chi connectivity index (χ4v) is 2.90. The summed E-state index contributed by atoms with van der Waals surface area (Å²) in [6.45, 7) is 2.51. The Bertz CT molecular complexity index is 646. The van der Waals surface area contributed by atoms with Crippen molar-refractivity contribution in [1.82, 2.24) is 9.88 Å². The predicted octanol–water partition coefficient (Wildman–Crippen LogP) is 3.07. The first kappa shape index (κ1) is 16.0. The molecule has 4 nitrogen and oxygen atoms in total. The Labute approximate surface area is 141 Å². The van der Waals surface area contributed by atoms with Crippen molar-refractivity contribution < 1.29 is 9.53 Å². The molecule has 0 unspecified atom stereocenters. The second-order valence-corrected chi connectivity index (χ2v) is 6.16. The van der Waals surface area contributed by atoms with Gasteiger partial charge in [0.2, 0.25) is 0 Å². The number of carbonyl (C=O) groups excluding carboxylic acids is 1. The third-order valence-electron chi connectivity index (χ3n) is 3.94. The molecule has 1 atom stereocenters. The molecule has 1 aliphatic heterocycles. The van der Waals surface area contributed by atoms with Crippen LogP contribution < -0.4 is 0 Å². The van der Waals surface area contributed by atoms with E-state index in [9.17, 15) is 4.79 Å². The van der Waals surface area contributed by atoms with Crippen LogP contribution in [0.5, 0.6) is 0 Å². The Morgan fingerprint density at radius 3 is 2.83 bits per heavy atom. The second-order valence-electron chi connectivity index (χ2n) is 5.72. The van der Waals surface area contributed by atoms with E-state index in [-0.39, 0.29) is 11.8 Å². The van der Waals surface area contributed by atoms with Gasteiger partial charge in [0, 0.05) is 41.5 Å². The minimum absolute atomic E-state index is 0.0261. The Morgan fingerprint density at radius 2 is 2.09 bits per heavy atom. The third kappa shape index (κ3) is 4.30. The Morgan fingerprint density at radius 1 is 1.26 bits per heavy atom. The zero-order valence-corrected chi connectivity index (χ0v) is 13.6. The number of carbonyl (C=O) groups is 1. The van der Waals surface area contributed by atoms with Crippen LogP contribution in [0.3, 0.4) is 0 Å². The van der Waals surface area contributed by atoms with Gasteiger partial charge in [-0.2, -0.15) is 0 Å². The molecule has 2 heterocycles. The van der Waals surface area contributed by atoms with Gasteiger partial charge in [-0.3, -0.25) is 9.78 Å². The van der Waals surface area contributed by atoms with E-state index in [1.165, 1.54) is 0 Å². The summed E-state index contributed by atoms with van der Waals surface area (Å²) >= 11 is 5.89. The first-order valence-electron chi connectivity index (χ1n) is 7.75. The molecule has 0 N–H and O–H groups in total. The van der Waals surface area contributed by atoms with E-state index in [1.807, 2.05) is 23.1 Å². The van der Waals surface area contributed by atoms with Crippen molar-refractivity contribution in [3.05, 3.63) is 64.9 Å². The zero-order valence-electron chi connectivity index (χ0n) is 12.8. The van der Waals surface area contributed by atoms with Gasteiger partial charge in [-0.25, -0.2) is 0 Å². The highest BCUT2D eigenvalue weighted by atomic mass is 35.5. The van der Waals surface area contributed by atoms with Crippen molar-refractivity contribution in [2.24, 2.45) is 5.92 Å². The topological polar surface area (TPSA) is 42.4 Å². The normalized spacial score (nSPS) is 18.5. The molecule has 1 saturated heterocycles. The lowest BCUT2D eigenvalue weighted by Gasteiger charge is -2.23. The highest BCUT2D eigenvalue weighted by Gasteiger charge is 2.23. The van der Waals surface area contributed by atoms with Crippen molar-refractivity contribution in [2.45, 2.75) is 6.42 Å². The lowest BCUT2D eigenvalue weighted by atomic mass is 10.0. The van der Waals surface area contributed by atoms with Gasteiger partial charge in [0.15, 0.2) is 0 Å². The Balaban J connectivity index is 1.69. The van der Waals surface area contributed by atoms with E-state index in [0.29, 0.717) is 36.9 Å². The SMILES string of the molecule is O=C(c1ccc(Cl)cc1)N1CCOC[C@H](Cc2ccccn2)C1. The highest BCUT2D eigenvalue weighted by Crippen LogP contribution is 2.16. The zero-order chi connectivity index (χ0) is 16.1. The quantitative estimate of drug-likeness (QED) is 0.868. The largest absolute Gasteiger partial charge is 0.379 e. The van der Waals surface area contributed by atoms with Crippen LogP contribution in [0.15, 0.2) is 48.7 Å². The summed E-state index contributed by atoms with van der Waals surface area (Å²) in [7, 11) is 0. The molecule has 120 valence electrons. The van der Waals surface area contributed by atoms with E-state index < -0.39 is 0 Å². The third-order valence-corrected chi connectivity index (χ3v) is 4.19. The number of hydrogen-bond donors (Lipinski definition) is 0. The van der Waals surface area contributed by atoms with E-state index in [0.717, 1.165) is 12.1 Å². The number of nitrogens with zero attached hydrogens (tertiary/aromatic N) is 2. The fraction of sp³-hybridized carbons (Fsp3) is 0.333. The number of halogens is 1. The molecule has 3 rings (SSSR count). The van der Waals surface area contributed by atoms with E-state index in [2.05, 4.69) is 4.98 Å². The molecule has 1 aromatic heterocycles. The summed E-state index contributed by atoms with van der Waals surface area (Å²) in [6, 6.07) is 12.9. The molecule has 0 radical (unpaired) electrons. The first-order valence-corrected chi connectivity index (χ1v) is 8.12. The Hall–Kier alpha value is -1.91. The average molecular weight is 331 g/mol. The Kier molecular flexibility index (Phi) is 5.26.